The number of hydrogen-bond donors (Lipinski definition) is 2. The molecule has 1 saturated heterocycles. The molecule has 0 spiro atoms. The molecule has 0 saturated carbocycles. The number of rotatable bonds is 4. The first-order valence-electron chi connectivity index (χ1n) is 5.44. The number of nitrogens with one attached hydrogen (secondary N) is 1. The van der Waals surface area contributed by atoms with Crippen LogP contribution in [0.5, 0.6) is 0 Å². The highest BCUT2D eigenvalue weighted by molar-refractivity contribution is 4.98. The zero-order valence-corrected chi connectivity index (χ0v) is 9.27. The Bertz CT molecular complexity index is 330. The summed E-state index contributed by atoms with van der Waals surface area (Å²) < 4.78 is 2.02. The highest BCUT2D eigenvalue weighted by atomic mass is 16.3. The molecule has 5 nitrogen and oxygen atoms in total. The maximum Gasteiger partial charge on any atom is 0.133 e. The van der Waals surface area contributed by atoms with Gasteiger partial charge in [0.15, 0.2) is 0 Å². The van der Waals surface area contributed by atoms with E-state index in [0.717, 1.165) is 31.2 Å². The molecule has 0 aromatic carbocycles. The number of aliphatic hydroxyl groups is 1. The summed E-state index contributed by atoms with van der Waals surface area (Å²) in [5.74, 6) is 2.57. The Hall–Kier alpha value is -0.940. The Kier molecular flexibility index (Phi) is 3.02. The summed E-state index contributed by atoms with van der Waals surface area (Å²) in [4.78, 5) is 0. The molecule has 2 rings (SSSR count). The maximum absolute atomic E-state index is 9.39. The van der Waals surface area contributed by atoms with Crippen molar-refractivity contribution in [2.75, 3.05) is 13.1 Å². The van der Waals surface area contributed by atoms with E-state index in [2.05, 4.69) is 15.5 Å². The highest BCUT2D eigenvalue weighted by Gasteiger charge is 2.21. The number of aryl methyl sites for hydroxylation is 1. The molecule has 1 unspecified atom stereocenters. The van der Waals surface area contributed by atoms with Crippen molar-refractivity contribution in [2.24, 2.45) is 5.92 Å². The molecule has 1 aliphatic heterocycles. The van der Waals surface area contributed by atoms with E-state index in [4.69, 9.17) is 0 Å². The third kappa shape index (κ3) is 2.35. The second-order valence-electron chi connectivity index (χ2n) is 4.35. The van der Waals surface area contributed by atoms with Crippen molar-refractivity contribution in [3.63, 3.8) is 0 Å². The molecule has 0 bridgehead atoms. The van der Waals surface area contributed by atoms with E-state index in [9.17, 15) is 5.11 Å². The van der Waals surface area contributed by atoms with E-state index in [-0.39, 0.29) is 6.10 Å². The molecule has 84 valence electrons. The van der Waals surface area contributed by atoms with Crippen LogP contribution in [0, 0.1) is 12.8 Å². The zero-order chi connectivity index (χ0) is 10.8. The summed E-state index contributed by atoms with van der Waals surface area (Å²) in [5, 5.41) is 20.9. The first kappa shape index (κ1) is 10.6. The van der Waals surface area contributed by atoms with Crippen LogP contribution >= 0.6 is 0 Å². The van der Waals surface area contributed by atoms with E-state index >= 15 is 0 Å². The second-order valence-corrected chi connectivity index (χ2v) is 4.35. The lowest BCUT2D eigenvalue weighted by Gasteiger charge is -2.26. The zero-order valence-electron chi connectivity index (χ0n) is 9.27. The summed E-state index contributed by atoms with van der Waals surface area (Å²) in [5.41, 5.74) is 0. The monoisotopic (exact) mass is 210 g/mol. The van der Waals surface area contributed by atoms with Crippen molar-refractivity contribution in [1.82, 2.24) is 20.1 Å². The van der Waals surface area contributed by atoms with Gasteiger partial charge in [-0.3, -0.25) is 0 Å². The molecule has 2 N–H and O–H groups in total. The van der Waals surface area contributed by atoms with Gasteiger partial charge in [-0.2, -0.15) is 0 Å². The summed E-state index contributed by atoms with van der Waals surface area (Å²) in [6.45, 7) is 6.45. The molecular weight excluding hydrogens is 192 g/mol. The van der Waals surface area contributed by atoms with Crippen LogP contribution < -0.4 is 5.32 Å². The lowest BCUT2D eigenvalue weighted by Crippen LogP contribution is -2.43. The predicted octanol–water partition coefficient (Wildman–Crippen LogP) is -0.271. The van der Waals surface area contributed by atoms with Gasteiger partial charge >= 0.3 is 0 Å². The molecule has 0 radical (unpaired) electrons. The van der Waals surface area contributed by atoms with E-state index in [1.54, 1.807) is 6.92 Å². The molecule has 2 heterocycles. The van der Waals surface area contributed by atoms with Gasteiger partial charge in [0, 0.05) is 6.42 Å². The first-order chi connectivity index (χ1) is 7.16. The molecule has 1 atom stereocenters. The smallest absolute Gasteiger partial charge is 0.133 e. The molecule has 0 amide bonds. The Morgan fingerprint density at radius 2 is 2.27 bits per heavy atom. The number of aromatic nitrogens is 3. The van der Waals surface area contributed by atoms with Crippen molar-refractivity contribution < 1.29 is 5.11 Å². The van der Waals surface area contributed by atoms with Crippen LogP contribution in [0.2, 0.25) is 0 Å². The molecule has 15 heavy (non-hydrogen) atoms. The van der Waals surface area contributed by atoms with Crippen LogP contribution in [-0.2, 0) is 13.0 Å². The minimum atomic E-state index is -0.349. The van der Waals surface area contributed by atoms with Crippen molar-refractivity contribution in [3.8, 4) is 0 Å². The summed E-state index contributed by atoms with van der Waals surface area (Å²) in [6.07, 6.45) is 0.610. The van der Waals surface area contributed by atoms with Crippen molar-refractivity contribution >= 4 is 0 Å². The number of aliphatic hydroxyl groups excluding tert-OH is 1. The van der Waals surface area contributed by atoms with E-state index < -0.39 is 0 Å². The van der Waals surface area contributed by atoms with Crippen LogP contribution in [0.4, 0.5) is 0 Å². The third-order valence-electron chi connectivity index (χ3n) is 2.80. The van der Waals surface area contributed by atoms with Gasteiger partial charge in [-0.25, -0.2) is 0 Å². The fraction of sp³-hybridized carbons (Fsp3) is 0.800. The lowest BCUT2D eigenvalue weighted by molar-refractivity contribution is 0.170. The van der Waals surface area contributed by atoms with Crippen LogP contribution in [0.1, 0.15) is 18.6 Å². The molecule has 1 fully saturated rings. The van der Waals surface area contributed by atoms with Crippen LogP contribution in [0.25, 0.3) is 0 Å². The van der Waals surface area contributed by atoms with E-state index in [1.807, 2.05) is 11.5 Å². The summed E-state index contributed by atoms with van der Waals surface area (Å²) in [7, 11) is 0. The van der Waals surface area contributed by atoms with Crippen LogP contribution in [0.3, 0.4) is 0 Å². The van der Waals surface area contributed by atoms with E-state index in [1.165, 1.54) is 0 Å². The topological polar surface area (TPSA) is 63.0 Å². The van der Waals surface area contributed by atoms with Crippen molar-refractivity contribution in [2.45, 2.75) is 32.9 Å². The standard InChI is InChI=1S/C10H18N4O/c1-7(15)6-14-8(2)12-13-10(14)3-9-4-11-5-9/h7,9,11,15H,3-6H2,1-2H3. The minimum Gasteiger partial charge on any atom is -0.392 e. The van der Waals surface area contributed by atoms with Crippen molar-refractivity contribution in [3.05, 3.63) is 11.6 Å². The molecule has 1 aliphatic rings. The Morgan fingerprint density at radius 1 is 1.53 bits per heavy atom. The Labute approximate surface area is 89.5 Å². The number of nitrogens with zero attached hydrogens (tertiary/aromatic N) is 3. The average Bonchev–Trinajstić information content (AvgIpc) is 2.41. The van der Waals surface area contributed by atoms with Gasteiger partial charge in [0.2, 0.25) is 0 Å². The molecule has 0 aliphatic carbocycles. The quantitative estimate of drug-likeness (QED) is 0.718. The molecule has 1 aromatic rings. The van der Waals surface area contributed by atoms with Gasteiger partial charge in [-0.05, 0) is 32.9 Å². The fourth-order valence-corrected chi connectivity index (χ4v) is 1.83. The van der Waals surface area contributed by atoms with Gasteiger partial charge in [0.25, 0.3) is 0 Å². The minimum absolute atomic E-state index is 0.349. The maximum atomic E-state index is 9.39. The van der Waals surface area contributed by atoms with Crippen LogP contribution in [-0.4, -0.2) is 39.1 Å². The highest BCUT2D eigenvalue weighted by Crippen LogP contribution is 2.12. The van der Waals surface area contributed by atoms with Crippen LogP contribution in [0.15, 0.2) is 0 Å². The second kappa shape index (κ2) is 4.28. The van der Waals surface area contributed by atoms with Gasteiger partial charge in [-0.1, -0.05) is 0 Å². The molecule has 5 heteroatoms. The van der Waals surface area contributed by atoms with Crippen molar-refractivity contribution in [1.29, 1.82) is 0 Å². The lowest BCUT2D eigenvalue weighted by atomic mass is 9.99. The first-order valence-corrected chi connectivity index (χ1v) is 5.44. The normalized spacial score (nSPS) is 18.9. The van der Waals surface area contributed by atoms with E-state index in [0.29, 0.717) is 12.5 Å². The molecule has 1 aromatic heterocycles. The number of hydrogen-bond acceptors (Lipinski definition) is 4. The summed E-state index contributed by atoms with van der Waals surface area (Å²) >= 11 is 0. The largest absolute Gasteiger partial charge is 0.392 e. The van der Waals surface area contributed by atoms with Gasteiger partial charge in [-0.15, -0.1) is 10.2 Å². The fourth-order valence-electron chi connectivity index (χ4n) is 1.83. The SMILES string of the molecule is Cc1nnc(CC2CNC2)n1CC(C)O. The molecular formula is C10H18N4O. The Balaban J connectivity index is 2.07. The van der Waals surface area contributed by atoms with Gasteiger partial charge < -0.3 is 15.0 Å². The van der Waals surface area contributed by atoms with Gasteiger partial charge in [0.05, 0.1) is 12.6 Å². The summed E-state index contributed by atoms with van der Waals surface area (Å²) in [6, 6.07) is 0. The Morgan fingerprint density at radius 3 is 2.80 bits per heavy atom. The predicted molar refractivity (Wildman–Crippen MR) is 56.5 cm³/mol. The third-order valence-corrected chi connectivity index (χ3v) is 2.80. The average molecular weight is 210 g/mol. The van der Waals surface area contributed by atoms with Gasteiger partial charge in [0.1, 0.15) is 11.6 Å².